The van der Waals surface area contributed by atoms with E-state index in [9.17, 15) is 14.3 Å². The molecule has 1 aliphatic carbocycles. The van der Waals surface area contributed by atoms with Crippen LogP contribution >= 0.6 is 0 Å². The first-order valence-corrected chi connectivity index (χ1v) is 16.1. The van der Waals surface area contributed by atoms with Crippen molar-refractivity contribution in [2.24, 2.45) is 11.8 Å². The van der Waals surface area contributed by atoms with E-state index in [1.165, 1.54) is 11.8 Å². The Morgan fingerprint density at radius 1 is 1.14 bits per heavy atom. The van der Waals surface area contributed by atoms with E-state index in [-0.39, 0.29) is 23.7 Å². The number of aliphatic carboxylic acids is 1. The van der Waals surface area contributed by atoms with Crippen molar-refractivity contribution in [3.05, 3.63) is 88.5 Å². The molecule has 2 aliphatic rings. The molecule has 5 rings (SSSR count). The molecule has 2 heterocycles. The van der Waals surface area contributed by atoms with E-state index in [0.29, 0.717) is 17.4 Å². The van der Waals surface area contributed by atoms with Crippen molar-refractivity contribution in [3.8, 4) is 6.07 Å². The molecule has 0 radical (unpaired) electrons. The minimum Gasteiger partial charge on any atom is -0.480 e. The van der Waals surface area contributed by atoms with Crippen molar-refractivity contribution in [2.75, 3.05) is 26.7 Å². The molecule has 8 heteroatoms. The van der Waals surface area contributed by atoms with Crippen LogP contribution in [-0.2, 0) is 17.8 Å². The number of halogens is 1. The van der Waals surface area contributed by atoms with Crippen LogP contribution in [0.25, 0.3) is 0 Å². The van der Waals surface area contributed by atoms with E-state index in [2.05, 4.69) is 33.5 Å². The summed E-state index contributed by atoms with van der Waals surface area (Å²) in [6, 6.07) is 18.8. The summed E-state index contributed by atoms with van der Waals surface area (Å²) in [6.45, 7) is 9.86. The maximum absolute atomic E-state index is 14.3. The number of hydrogen-bond acceptors (Lipinski definition) is 5. The number of aryl methyl sites for hydroxylation is 1. The number of piperidine rings is 1. The van der Waals surface area contributed by atoms with Crippen LogP contribution in [0.3, 0.4) is 0 Å². The molecule has 1 aliphatic heterocycles. The highest BCUT2D eigenvalue weighted by Gasteiger charge is 2.42. The number of carboxylic acids is 1. The first kappa shape index (κ1) is 31.9. The second kappa shape index (κ2) is 14.0. The second-order valence-electron chi connectivity index (χ2n) is 13.2. The summed E-state index contributed by atoms with van der Waals surface area (Å²) in [4.78, 5) is 16.8. The standard InChI is InChI=1S/C36H46FN5O2/c1-5-42-34(20-31(39-42)17-25-9-11-26(22-38)12-10-25)27-13-15-41(16-14-27)23-29-19-32(40(4)35(24(2)3)36(43)44)21-33(29)28-7-6-8-30(37)18-28/h6-12,18,20,24,27,29,32-33,35H,5,13-17,19,21,23H2,1-4H3,(H,43,44)/t29?,32?,33?,35-/m1/s1. The number of rotatable bonds is 11. The number of likely N-dealkylation sites (tertiary alicyclic amines) is 1. The van der Waals surface area contributed by atoms with Crippen molar-refractivity contribution in [1.29, 1.82) is 5.26 Å². The molecule has 0 amide bonds. The SMILES string of the molecule is CCn1nc(Cc2ccc(C#N)cc2)cc1C1CCN(CC2CC(N(C)[C@@H](C(=O)O)C(C)C)CC2c2cccc(F)c2)CC1. The Hall–Kier alpha value is -3.54. The van der Waals surface area contributed by atoms with Crippen molar-refractivity contribution in [3.63, 3.8) is 0 Å². The quantitative estimate of drug-likeness (QED) is 0.279. The lowest BCUT2D eigenvalue weighted by atomic mass is 9.87. The smallest absolute Gasteiger partial charge is 0.321 e. The predicted octanol–water partition coefficient (Wildman–Crippen LogP) is 6.29. The zero-order chi connectivity index (χ0) is 31.4. The minimum absolute atomic E-state index is 0.00406. The summed E-state index contributed by atoms with van der Waals surface area (Å²) < 4.78 is 16.5. The molecule has 3 unspecified atom stereocenters. The van der Waals surface area contributed by atoms with Gasteiger partial charge in [-0.15, -0.1) is 0 Å². The summed E-state index contributed by atoms with van der Waals surface area (Å²) >= 11 is 0. The highest BCUT2D eigenvalue weighted by Crippen LogP contribution is 2.43. The molecule has 1 N–H and O–H groups in total. The number of likely N-dealkylation sites (N-methyl/N-ethyl adjacent to an activating group) is 1. The molecule has 2 aromatic carbocycles. The summed E-state index contributed by atoms with van der Waals surface area (Å²) in [5, 5.41) is 24.0. The van der Waals surface area contributed by atoms with Crippen LogP contribution in [0.4, 0.5) is 4.39 Å². The van der Waals surface area contributed by atoms with E-state index in [0.717, 1.165) is 75.1 Å². The van der Waals surface area contributed by atoms with Gasteiger partial charge in [-0.2, -0.15) is 10.4 Å². The molecular weight excluding hydrogens is 553 g/mol. The van der Waals surface area contributed by atoms with Gasteiger partial charge in [-0.05, 0) is 112 Å². The van der Waals surface area contributed by atoms with E-state index < -0.39 is 12.0 Å². The first-order valence-electron chi connectivity index (χ1n) is 16.1. The fourth-order valence-corrected chi connectivity index (χ4v) is 7.74. The van der Waals surface area contributed by atoms with Gasteiger partial charge >= 0.3 is 5.97 Å². The van der Waals surface area contributed by atoms with Gasteiger partial charge in [-0.1, -0.05) is 38.1 Å². The summed E-state index contributed by atoms with van der Waals surface area (Å²) in [7, 11) is 1.95. The van der Waals surface area contributed by atoms with Gasteiger partial charge in [0.25, 0.3) is 0 Å². The average Bonchev–Trinajstić information content (AvgIpc) is 3.62. The van der Waals surface area contributed by atoms with Crippen LogP contribution in [-0.4, -0.2) is 69.4 Å². The molecule has 4 atom stereocenters. The normalized spacial score (nSPS) is 22.0. The fourth-order valence-electron chi connectivity index (χ4n) is 7.74. The Kier molecular flexibility index (Phi) is 10.2. The molecule has 1 saturated heterocycles. The van der Waals surface area contributed by atoms with Crippen molar-refractivity contribution >= 4 is 5.97 Å². The Morgan fingerprint density at radius 2 is 1.86 bits per heavy atom. The molecule has 2 fully saturated rings. The number of carboxylic acid groups (broad SMARTS) is 1. The van der Waals surface area contributed by atoms with Crippen LogP contribution in [0, 0.1) is 29.0 Å². The van der Waals surface area contributed by atoms with E-state index >= 15 is 0 Å². The Bertz CT molecular complexity index is 1450. The highest BCUT2D eigenvalue weighted by atomic mass is 19.1. The van der Waals surface area contributed by atoms with Gasteiger partial charge in [0.2, 0.25) is 0 Å². The number of aromatic nitrogens is 2. The Balaban J connectivity index is 1.25. The number of carbonyl (C=O) groups is 1. The summed E-state index contributed by atoms with van der Waals surface area (Å²) in [5.41, 5.74) is 5.22. The van der Waals surface area contributed by atoms with Crippen molar-refractivity contribution in [1.82, 2.24) is 19.6 Å². The van der Waals surface area contributed by atoms with Crippen LogP contribution in [0.1, 0.15) is 86.4 Å². The maximum atomic E-state index is 14.3. The molecule has 1 aromatic heterocycles. The van der Waals surface area contributed by atoms with E-state index in [1.807, 2.05) is 51.2 Å². The summed E-state index contributed by atoms with van der Waals surface area (Å²) in [6.07, 6.45) is 4.64. The van der Waals surface area contributed by atoms with Gasteiger partial charge in [0.05, 0.1) is 17.3 Å². The predicted molar refractivity (Wildman–Crippen MR) is 170 cm³/mol. The lowest BCUT2D eigenvalue weighted by molar-refractivity contribution is -0.145. The van der Waals surface area contributed by atoms with Crippen LogP contribution in [0.5, 0.6) is 0 Å². The largest absolute Gasteiger partial charge is 0.480 e. The molecular formula is C36H46FN5O2. The number of hydrogen-bond donors (Lipinski definition) is 1. The Labute approximate surface area is 261 Å². The van der Waals surface area contributed by atoms with Crippen LogP contribution in [0.2, 0.25) is 0 Å². The van der Waals surface area contributed by atoms with Crippen LogP contribution < -0.4 is 0 Å². The maximum Gasteiger partial charge on any atom is 0.321 e. The van der Waals surface area contributed by atoms with Gasteiger partial charge < -0.3 is 10.0 Å². The second-order valence-corrected chi connectivity index (χ2v) is 13.2. The molecule has 44 heavy (non-hydrogen) atoms. The molecule has 0 bridgehead atoms. The molecule has 1 saturated carbocycles. The van der Waals surface area contributed by atoms with E-state index in [4.69, 9.17) is 10.4 Å². The van der Waals surface area contributed by atoms with Gasteiger partial charge in [0.15, 0.2) is 0 Å². The Morgan fingerprint density at radius 3 is 2.48 bits per heavy atom. The van der Waals surface area contributed by atoms with E-state index in [1.54, 1.807) is 12.1 Å². The van der Waals surface area contributed by atoms with Crippen molar-refractivity contribution in [2.45, 2.75) is 83.3 Å². The van der Waals surface area contributed by atoms with Gasteiger partial charge in [-0.3, -0.25) is 14.4 Å². The third-order valence-corrected chi connectivity index (χ3v) is 9.97. The van der Waals surface area contributed by atoms with Crippen molar-refractivity contribution < 1.29 is 14.3 Å². The minimum atomic E-state index is -0.776. The fraction of sp³-hybridized carbons (Fsp3) is 0.528. The van der Waals surface area contributed by atoms with Gasteiger partial charge in [-0.25, -0.2) is 4.39 Å². The third-order valence-electron chi connectivity index (χ3n) is 9.97. The first-order chi connectivity index (χ1) is 21.2. The lowest BCUT2D eigenvalue weighted by Gasteiger charge is -2.35. The molecule has 0 spiro atoms. The number of nitrogens with zero attached hydrogens (tertiary/aromatic N) is 5. The molecule has 3 aromatic rings. The summed E-state index contributed by atoms with van der Waals surface area (Å²) in [5.74, 6) is 0.00490. The van der Waals surface area contributed by atoms with Gasteiger partial charge in [0, 0.05) is 37.2 Å². The molecule has 7 nitrogen and oxygen atoms in total. The third kappa shape index (κ3) is 7.22. The number of benzene rings is 2. The number of nitriles is 1. The topological polar surface area (TPSA) is 85.4 Å². The van der Waals surface area contributed by atoms with Crippen LogP contribution in [0.15, 0.2) is 54.6 Å². The monoisotopic (exact) mass is 599 g/mol. The van der Waals surface area contributed by atoms with Gasteiger partial charge in [0.1, 0.15) is 11.9 Å². The lowest BCUT2D eigenvalue weighted by Crippen LogP contribution is -2.47. The average molecular weight is 600 g/mol. The zero-order valence-electron chi connectivity index (χ0n) is 26.5. The zero-order valence-corrected chi connectivity index (χ0v) is 26.5. The molecule has 234 valence electrons. The highest BCUT2D eigenvalue weighted by molar-refractivity contribution is 5.73.